The van der Waals surface area contributed by atoms with Gasteiger partial charge in [-0.1, -0.05) is 12.1 Å². The molecule has 0 spiro atoms. The Morgan fingerprint density at radius 1 is 1.05 bits per heavy atom. The summed E-state index contributed by atoms with van der Waals surface area (Å²) < 4.78 is 78.4. The second kappa shape index (κ2) is 4.53. The minimum Gasteiger partial charge on any atom is -0.267 e. The Labute approximate surface area is 109 Å². The maximum atomic E-state index is 13.0. The van der Waals surface area contributed by atoms with E-state index in [1.165, 1.54) is 7.05 Å². The van der Waals surface area contributed by atoms with Gasteiger partial charge in [0.2, 0.25) is 0 Å². The van der Waals surface area contributed by atoms with E-state index in [0.29, 0.717) is 6.07 Å². The number of aryl methyl sites for hydroxylation is 1. The number of hydrogen-bond acceptors (Lipinski definition) is 1. The first-order chi connectivity index (χ1) is 9.12. The lowest BCUT2D eigenvalue weighted by molar-refractivity contribution is -0.161. The van der Waals surface area contributed by atoms with Gasteiger partial charge in [-0.05, 0) is 12.1 Å². The van der Waals surface area contributed by atoms with Crippen LogP contribution in [-0.2, 0) is 19.4 Å². The molecule has 1 aromatic carbocycles. The van der Waals surface area contributed by atoms with Gasteiger partial charge in [-0.2, -0.15) is 31.4 Å². The molecular formula is C12H7F6N2. The van der Waals surface area contributed by atoms with Crippen LogP contribution in [0.5, 0.6) is 0 Å². The quantitative estimate of drug-likeness (QED) is 0.729. The van der Waals surface area contributed by atoms with E-state index < -0.39 is 29.0 Å². The lowest BCUT2D eigenvalue weighted by atomic mass is 9.97. The Balaban J connectivity index is 2.80. The molecule has 0 N–H and O–H groups in total. The molecule has 2 aromatic rings. The fraction of sp³-hybridized carbons (Fsp3) is 0.250. The van der Waals surface area contributed by atoms with Crippen molar-refractivity contribution in [3.8, 4) is 11.3 Å². The fourth-order valence-corrected chi connectivity index (χ4v) is 1.88. The van der Waals surface area contributed by atoms with Crippen molar-refractivity contribution in [1.82, 2.24) is 9.78 Å². The minimum atomic E-state index is -5.13. The van der Waals surface area contributed by atoms with Crippen LogP contribution in [0, 0.1) is 6.20 Å². The Bertz CT molecular complexity index is 624. The van der Waals surface area contributed by atoms with Gasteiger partial charge in [0, 0.05) is 12.6 Å². The summed E-state index contributed by atoms with van der Waals surface area (Å²) in [5.74, 6) is 0. The number of nitrogens with zero attached hydrogens (tertiary/aromatic N) is 2. The highest BCUT2D eigenvalue weighted by molar-refractivity contribution is 5.66. The summed E-state index contributed by atoms with van der Waals surface area (Å²) >= 11 is 0. The summed E-state index contributed by atoms with van der Waals surface area (Å²) in [6.07, 6.45) is -7.93. The van der Waals surface area contributed by atoms with Gasteiger partial charge in [-0.15, -0.1) is 0 Å². The van der Waals surface area contributed by atoms with Gasteiger partial charge in [0.15, 0.2) is 0 Å². The third-order valence-electron chi connectivity index (χ3n) is 2.69. The van der Waals surface area contributed by atoms with E-state index in [-0.39, 0.29) is 5.69 Å². The highest BCUT2D eigenvalue weighted by atomic mass is 19.4. The highest BCUT2D eigenvalue weighted by Crippen LogP contribution is 2.44. The summed E-state index contributed by atoms with van der Waals surface area (Å²) in [6.45, 7) is 0. The van der Waals surface area contributed by atoms with Gasteiger partial charge in [-0.3, -0.25) is 4.68 Å². The van der Waals surface area contributed by atoms with Crippen LogP contribution >= 0.6 is 0 Å². The molecule has 0 fully saturated rings. The molecule has 0 saturated heterocycles. The molecule has 8 heteroatoms. The number of hydrogen-bond donors (Lipinski definition) is 0. The van der Waals surface area contributed by atoms with Crippen LogP contribution in [0.3, 0.4) is 0 Å². The lowest BCUT2D eigenvalue weighted by Gasteiger charge is -2.19. The number of aromatic nitrogens is 2. The van der Waals surface area contributed by atoms with Crippen molar-refractivity contribution in [2.24, 2.45) is 7.05 Å². The van der Waals surface area contributed by atoms with E-state index >= 15 is 0 Å². The maximum absolute atomic E-state index is 13.0. The first-order valence-corrected chi connectivity index (χ1v) is 5.30. The Morgan fingerprint density at radius 3 is 2.15 bits per heavy atom. The fourth-order valence-electron chi connectivity index (χ4n) is 1.88. The molecule has 20 heavy (non-hydrogen) atoms. The van der Waals surface area contributed by atoms with Crippen molar-refractivity contribution in [3.63, 3.8) is 0 Å². The Morgan fingerprint density at radius 2 is 1.70 bits per heavy atom. The van der Waals surface area contributed by atoms with Crippen molar-refractivity contribution in [2.45, 2.75) is 12.4 Å². The maximum Gasteiger partial charge on any atom is 0.417 e. The third kappa shape index (κ3) is 2.50. The first-order valence-electron chi connectivity index (χ1n) is 5.30. The Hall–Kier alpha value is -1.99. The topological polar surface area (TPSA) is 17.8 Å². The zero-order chi connectivity index (χ0) is 15.1. The highest BCUT2D eigenvalue weighted by Gasteiger charge is 2.45. The van der Waals surface area contributed by atoms with E-state index in [4.69, 9.17) is 0 Å². The number of benzene rings is 1. The predicted molar refractivity (Wildman–Crippen MR) is 57.5 cm³/mol. The van der Waals surface area contributed by atoms with Gasteiger partial charge in [-0.25, -0.2) is 0 Å². The zero-order valence-electron chi connectivity index (χ0n) is 9.97. The Kier molecular flexibility index (Phi) is 3.27. The first kappa shape index (κ1) is 14.4. The average molecular weight is 293 g/mol. The summed E-state index contributed by atoms with van der Waals surface area (Å²) in [5, 5.41) is 3.55. The average Bonchev–Trinajstić information content (AvgIpc) is 2.72. The second-order valence-corrected chi connectivity index (χ2v) is 4.01. The smallest absolute Gasteiger partial charge is 0.267 e. The van der Waals surface area contributed by atoms with Crippen LogP contribution in [0.1, 0.15) is 11.1 Å². The van der Waals surface area contributed by atoms with Gasteiger partial charge in [0.05, 0.1) is 16.8 Å². The SMILES string of the molecule is Cn1n[c]cc1-c1cccc(C(F)(F)F)c1C(F)(F)F. The number of halogens is 6. The molecule has 0 amide bonds. The molecule has 1 radical (unpaired) electrons. The van der Waals surface area contributed by atoms with E-state index in [9.17, 15) is 26.3 Å². The molecule has 0 aliphatic rings. The number of rotatable bonds is 1. The van der Waals surface area contributed by atoms with Crippen molar-refractivity contribution in [3.05, 3.63) is 41.6 Å². The minimum absolute atomic E-state index is 0.0941. The van der Waals surface area contributed by atoms with Crippen LogP contribution in [0.25, 0.3) is 11.3 Å². The normalized spacial score (nSPS) is 12.8. The van der Waals surface area contributed by atoms with E-state index in [2.05, 4.69) is 11.3 Å². The molecule has 0 unspecified atom stereocenters. The second-order valence-electron chi connectivity index (χ2n) is 4.01. The van der Waals surface area contributed by atoms with Crippen molar-refractivity contribution in [1.29, 1.82) is 0 Å². The zero-order valence-corrected chi connectivity index (χ0v) is 9.97. The molecule has 0 bridgehead atoms. The molecule has 107 valence electrons. The molecule has 0 atom stereocenters. The molecule has 0 aliphatic carbocycles. The molecule has 1 heterocycles. The standard InChI is InChI=1S/C12H7F6N2/c1-20-9(5-6-19-20)7-3-2-4-8(11(13,14)15)10(7)12(16,17)18/h2-5H,1H3. The monoisotopic (exact) mass is 293 g/mol. The molecule has 2 rings (SSSR count). The van der Waals surface area contributed by atoms with Crippen molar-refractivity contribution in [2.75, 3.05) is 0 Å². The molecule has 0 aliphatic heterocycles. The molecule has 2 nitrogen and oxygen atoms in total. The van der Waals surface area contributed by atoms with Crippen molar-refractivity contribution < 1.29 is 26.3 Å². The van der Waals surface area contributed by atoms with E-state index in [1.807, 2.05) is 0 Å². The van der Waals surface area contributed by atoms with Gasteiger partial charge in [0.1, 0.15) is 6.20 Å². The van der Waals surface area contributed by atoms with Gasteiger partial charge >= 0.3 is 12.4 Å². The van der Waals surface area contributed by atoms with Gasteiger partial charge < -0.3 is 0 Å². The van der Waals surface area contributed by atoms with Crippen molar-refractivity contribution >= 4 is 0 Å². The summed E-state index contributed by atoms with van der Waals surface area (Å²) in [4.78, 5) is 0. The summed E-state index contributed by atoms with van der Waals surface area (Å²) in [5.41, 5.74) is -4.11. The van der Waals surface area contributed by atoms with Gasteiger partial charge in [0.25, 0.3) is 0 Å². The predicted octanol–water partition coefficient (Wildman–Crippen LogP) is 3.92. The van der Waals surface area contributed by atoms with Crippen LogP contribution < -0.4 is 0 Å². The summed E-state index contributed by atoms with van der Waals surface area (Å²) in [7, 11) is 1.33. The molecular weight excluding hydrogens is 286 g/mol. The number of alkyl halides is 6. The van der Waals surface area contributed by atoms with Crippen LogP contribution in [0.15, 0.2) is 24.3 Å². The van der Waals surface area contributed by atoms with E-state index in [0.717, 1.165) is 22.9 Å². The largest absolute Gasteiger partial charge is 0.417 e. The molecule has 1 aromatic heterocycles. The van der Waals surface area contributed by atoms with Crippen LogP contribution in [0.4, 0.5) is 26.3 Å². The van der Waals surface area contributed by atoms with E-state index in [1.54, 1.807) is 0 Å². The van der Waals surface area contributed by atoms with Crippen LogP contribution in [-0.4, -0.2) is 9.78 Å². The third-order valence-corrected chi connectivity index (χ3v) is 2.69. The summed E-state index contributed by atoms with van der Waals surface area (Å²) in [6, 6.07) is 3.42. The van der Waals surface area contributed by atoms with Crippen LogP contribution in [0.2, 0.25) is 0 Å². The molecule has 0 saturated carbocycles. The lowest BCUT2D eigenvalue weighted by Crippen LogP contribution is -2.18.